The molecule has 25 heavy (non-hydrogen) atoms. The molecule has 2 aromatic rings. The van der Waals surface area contributed by atoms with Gasteiger partial charge in [0.15, 0.2) is 0 Å². The number of nitrogens with zero attached hydrogens (tertiary/aromatic N) is 2. The van der Waals surface area contributed by atoms with Crippen LogP contribution < -0.4 is 10.1 Å². The van der Waals surface area contributed by atoms with Crippen LogP contribution in [-0.4, -0.2) is 42.5 Å². The summed E-state index contributed by atoms with van der Waals surface area (Å²) in [4.78, 5) is 18.9. The van der Waals surface area contributed by atoms with Crippen LogP contribution in [0.3, 0.4) is 0 Å². The summed E-state index contributed by atoms with van der Waals surface area (Å²) in [5.74, 6) is 1.22. The van der Waals surface area contributed by atoms with Crippen molar-refractivity contribution in [3.05, 3.63) is 59.9 Å². The fraction of sp³-hybridized carbons (Fsp3) is 0.400. The average molecular weight is 339 g/mol. The van der Waals surface area contributed by atoms with Gasteiger partial charge in [-0.1, -0.05) is 12.1 Å². The molecule has 0 radical (unpaired) electrons. The maximum absolute atomic E-state index is 12.3. The van der Waals surface area contributed by atoms with Crippen LogP contribution in [0.1, 0.15) is 28.8 Å². The normalized spacial score (nSPS) is 15.7. The molecular formula is C20H25N3O2. The van der Waals surface area contributed by atoms with Gasteiger partial charge < -0.3 is 10.1 Å². The Kier molecular flexibility index (Phi) is 6.01. The van der Waals surface area contributed by atoms with E-state index >= 15 is 0 Å². The number of nitrogens with one attached hydrogen (secondary N) is 1. The number of methoxy groups -OCH3 is 1. The van der Waals surface area contributed by atoms with Crippen LogP contribution in [0.5, 0.6) is 5.75 Å². The second-order valence-corrected chi connectivity index (χ2v) is 6.52. The number of carbonyl (C=O) groups excluding carboxylic acids is 1. The highest BCUT2D eigenvalue weighted by molar-refractivity contribution is 5.94. The minimum Gasteiger partial charge on any atom is -0.497 e. The summed E-state index contributed by atoms with van der Waals surface area (Å²) in [5.41, 5.74) is 1.90. The Morgan fingerprint density at radius 1 is 1.28 bits per heavy atom. The van der Waals surface area contributed by atoms with E-state index in [0.29, 0.717) is 17.2 Å². The van der Waals surface area contributed by atoms with Crippen LogP contribution >= 0.6 is 0 Å². The lowest BCUT2D eigenvalue weighted by Crippen LogP contribution is -2.38. The van der Waals surface area contributed by atoms with Crippen LogP contribution in [0.15, 0.2) is 48.8 Å². The molecule has 0 aliphatic carbocycles. The van der Waals surface area contributed by atoms with Crippen molar-refractivity contribution in [2.75, 3.05) is 26.7 Å². The first-order valence-electron chi connectivity index (χ1n) is 8.78. The Morgan fingerprint density at radius 3 is 2.84 bits per heavy atom. The summed E-state index contributed by atoms with van der Waals surface area (Å²) in [6, 6.07) is 11.4. The third-order valence-corrected chi connectivity index (χ3v) is 4.72. The van der Waals surface area contributed by atoms with Crippen molar-refractivity contribution in [1.29, 1.82) is 0 Å². The van der Waals surface area contributed by atoms with Crippen LogP contribution in [0.4, 0.5) is 0 Å². The Morgan fingerprint density at radius 2 is 2.12 bits per heavy atom. The predicted octanol–water partition coefficient (Wildman–Crippen LogP) is 2.73. The maximum atomic E-state index is 12.3. The molecule has 1 aromatic carbocycles. The molecule has 0 spiro atoms. The minimum atomic E-state index is -0.0308. The molecule has 1 aliphatic rings. The number of rotatable bonds is 6. The molecule has 1 fully saturated rings. The van der Waals surface area contributed by atoms with Gasteiger partial charge in [-0.05, 0) is 61.7 Å². The number of hydrogen-bond acceptors (Lipinski definition) is 4. The number of amides is 1. The topological polar surface area (TPSA) is 54.5 Å². The molecule has 5 nitrogen and oxygen atoms in total. The van der Waals surface area contributed by atoms with Gasteiger partial charge in [0.1, 0.15) is 5.75 Å². The Balaban J connectivity index is 1.42. The number of carbonyl (C=O) groups is 1. The van der Waals surface area contributed by atoms with Crippen LogP contribution in [0.2, 0.25) is 0 Å². The average Bonchev–Trinajstić information content (AvgIpc) is 2.68. The monoisotopic (exact) mass is 339 g/mol. The lowest BCUT2D eigenvalue weighted by Gasteiger charge is -2.32. The molecule has 0 saturated carbocycles. The summed E-state index contributed by atoms with van der Waals surface area (Å²) in [7, 11) is 1.61. The molecule has 2 heterocycles. The summed E-state index contributed by atoms with van der Waals surface area (Å²) in [6.45, 7) is 3.82. The lowest BCUT2D eigenvalue weighted by atomic mass is 9.96. The summed E-state index contributed by atoms with van der Waals surface area (Å²) in [6.07, 6.45) is 5.96. The number of benzene rings is 1. The zero-order valence-electron chi connectivity index (χ0n) is 14.6. The van der Waals surface area contributed by atoms with Gasteiger partial charge in [-0.15, -0.1) is 0 Å². The predicted molar refractivity (Wildman–Crippen MR) is 97.6 cm³/mol. The van der Waals surface area contributed by atoms with Crippen molar-refractivity contribution >= 4 is 5.91 Å². The number of hydrogen-bond donors (Lipinski definition) is 1. The number of pyridine rings is 1. The molecule has 1 aromatic heterocycles. The molecule has 0 bridgehead atoms. The van der Waals surface area contributed by atoms with Crippen molar-refractivity contribution in [1.82, 2.24) is 15.2 Å². The highest BCUT2D eigenvalue weighted by atomic mass is 16.5. The summed E-state index contributed by atoms with van der Waals surface area (Å²) < 4.78 is 5.17. The van der Waals surface area contributed by atoms with E-state index in [9.17, 15) is 4.79 Å². The van der Waals surface area contributed by atoms with Gasteiger partial charge >= 0.3 is 0 Å². The van der Waals surface area contributed by atoms with Crippen LogP contribution in [0, 0.1) is 5.92 Å². The second kappa shape index (κ2) is 8.62. The third kappa shape index (κ3) is 5.03. The van der Waals surface area contributed by atoms with Gasteiger partial charge in [-0.3, -0.25) is 14.7 Å². The zero-order chi connectivity index (χ0) is 17.5. The maximum Gasteiger partial charge on any atom is 0.251 e. The first kappa shape index (κ1) is 17.4. The second-order valence-electron chi connectivity index (χ2n) is 6.52. The van der Waals surface area contributed by atoms with Crippen LogP contribution in [0.25, 0.3) is 0 Å². The molecule has 1 aliphatic heterocycles. The molecule has 1 amide bonds. The van der Waals surface area contributed by atoms with Crippen molar-refractivity contribution in [2.45, 2.75) is 19.4 Å². The van der Waals surface area contributed by atoms with Crippen molar-refractivity contribution in [2.24, 2.45) is 5.92 Å². The Bertz CT molecular complexity index is 682. The van der Waals surface area contributed by atoms with Gasteiger partial charge in [0, 0.05) is 31.0 Å². The summed E-state index contributed by atoms with van der Waals surface area (Å²) >= 11 is 0. The minimum absolute atomic E-state index is 0.0308. The highest BCUT2D eigenvalue weighted by Crippen LogP contribution is 2.19. The fourth-order valence-electron chi connectivity index (χ4n) is 3.20. The number of likely N-dealkylation sites (tertiary alicyclic amines) is 1. The first-order chi connectivity index (χ1) is 12.2. The molecule has 1 N–H and O–H groups in total. The SMILES string of the molecule is COc1cccc(C(=O)NCC2CCN(Cc3cccnc3)CC2)c1. The largest absolute Gasteiger partial charge is 0.497 e. The number of piperidine rings is 1. The lowest BCUT2D eigenvalue weighted by molar-refractivity contribution is 0.0935. The molecule has 1 saturated heterocycles. The van der Waals surface area contributed by atoms with Gasteiger partial charge in [0.25, 0.3) is 5.91 Å². The van der Waals surface area contributed by atoms with Crippen molar-refractivity contribution in [3.8, 4) is 5.75 Å². The quantitative estimate of drug-likeness (QED) is 0.879. The molecule has 3 rings (SSSR count). The van der Waals surface area contributed by atoms with E-state index in [2.05, 4.69) is 21.3 Å². The zero-order valence-corrected chi connectivity index (χ0v) is 14.6. The molecule has 0 unspecified atom stereocenters. The smallest absolute Gasteiger partial charge is 0.251 e. The van der Waals surface area contributed by atoms with E-state index in [4.69, 9.17) is 4.74 Å². The fourth-order valence-corrected chi connectivity index (χ4v) is 3.20. The van der Waals surface area contributed by atoms with E-state index in [1.165, 1.54) is 5.56 Å². The van der Waals surface area contributed by atoms with Gasteiger partial charge in [0.05, 0.1) is 7.11 Å². The first-order valence-corrected chi connectivity index (χ1v) is 8.78. The summed E-state index contributed by atoms with van der Waals surface area (Å²) in [5, 5.41) is 3.06. The Labute approximate surface area is 149 Å². The number of aromatic nitrogens is 1. The molecule has 5 heteroatoms. The number of ether oxygens (including phenoxy) is 1. The van der Waals surface area contributed by atoms with Gasteiger partial charge in [-0.25, -0.2) is 0 Å². The van der Waals surface area contributed by atoms with Crippen molar-refractivity contribution < 1.29 is 9.53 Å². The van der Waals surface area contributed by atoms with E-state index in [0.717, 1.165) is 39.0 Å². The van der Waals surface area contributed by atoms with Gasteiger partial charge in [0.2, 0.25) is 0 Å². The molecule has 0 atom stereocenters. The van der Waals surface area contributed by atoms with E-state index in [-0.39, 0.29) is 5.91 Å². The standard InChI is InChI=1S/C20H25N3O2/c1-25-19-6-2-5-18(12-19)20(24)22-14-16-7-10-23(11-8-16)15-17-4-3-9-21-13-17/h2-6,9,12-13,16H,7-8,10-11,14-15H2,1H3,(H,22,24). The molecule has 132 valence electrons. The van der Waals surface area contributed by atoms with E-state index in [1.54, 1.807) is 19.4 Å². The van der Waals surface area contributed by atoms with Crippen molar-refractivity contribution in [3.63, 3.8) is 0 Å². The third-order valence-electron chi connectivity index (χ3n) is 4.72. The van der Waals surface area contributed by atoms with E-state index < -0.39 is 0 Å². The molecular weight excluding hydrogens is 314 g/mol. The van der Waals surface area contributed by atoms with Gasteiger partial charge in [-0.2, -0.15) is 0 Å². The van der Waals surface area contributed by atoms with Crippen LogP contribution in [-0.2, 0) is 6.54 Å². The Hall–Kier alpha value is -2.40. The van der Waals surface area contributed by atoms with E-state index in [1.807, 2.05) is 30.5 Å². The highest BCUT2D eigenvalue weighted by Gasteiger charge is 2.20.